The Morgan fingerprint density at radius 2 is 1.83 bits per heavy atom. The first kappa shape index (κ1) is 14.8. The summed E-state index contributed by atoms with van der Waals surface area (Å²) in [5, 5.41) is 7.80. The van der Waals surface area contributed by atoms with Crippen molar-refractivity contribution in [3.63, 3.8) is 0 Å². The second-order valence-corrected chi connectivity index (χ2v) is 7.04. The van der Waals surface area contributed by atoms with Gasteiger partial charge in [-0.05, 0) is 53.9 Å². The van der Waals surface area contributed by atoms with Gasteiger partial charge in [-0.1, -0.05) is 12.1 Å². The van der Waals surface area contributed by atoms with Crippen LogP contribution in [0.2, 0.25) is 0 Å². The molecule has 24 heavy (non-hydrogen) atoms. The fourth-order valence-electron chi connectivity index (χ4n) is 3.03. The van der Waals surface area contributed by atoms with Gasteiger partial charge >= 0.3 is 0 Å². The maximum absolute atomic E-state index is 13.7. The van der Waals surface area contributed by atoms with Crippen LogP contribution < -0.4 is 16.5 Å². The van der Waals surface area contributed by atoms with Crippen LogP contribution in [0.4, 0.5) is 10.1 Å². The van der Waals surface area contributed by atoms with Crippen molar-refractivity contribution in [3.05, 3.63) is 71.3 Å². The van der Waals surface area contributed by atoms with Crippen LogP contribution in [0.25, 0.3) is 31.7 Å². The molecule has 0 radical (unpaired) electrons. The Morgan fingerprint density at radius 3 is 2.62 bits per heavy atom. The predicted molar refractivity (Wildman–Crippen MR) is 98.1 cm³/mol. The molecule has 118 valence electrons. The number of hydrogen-bond acceptors (Lipinski definition) is 2. The Balaban J connectivity index is 2.18. The summed E-state index contributed by atoms with van der Waals surface area (Å²) in [7, 11) is 0. The van der Waals surface area contributed by atoms with E-state index in [1.54, 1.807) is 18.3 Å². The highest BCUT2D eigenvalue weighted by atomic mass is 32.1. The van der Waals surface area contributed by atoms with Crippen LogP contribution in [0, 0.1) is 12.7 Å². The van der Waals surface area contributed by atoms with Crippen molar-refractivity contribution in [1.29, 1.82) is 0 Å². The molecule has 1 aliphatic carbocycles. The number of fused-ring (bicyclic) bond motifs is 2. The van der Waals surface area contributed by atoms with Gasteiger partial charge in [0.05, 0.1) is 0 Å². The van der Waals surface area contributed by atoms with E-state index in [9.17, 15) is 4.39 Å². The average molecular weight is 335 g/mol. The lowest BCUT2D eigenvalue weighted by Crippen LogP contribution is -2.44. The first-order valence-corrected chi connectivity index (χ1v) is 8.46. The first-order chi connectivity index (χ1) is 11.5. The molecule has 0 unspecified atom stereocenters. The van der Waals surface area contributed by atoms with E-state index >= 15 is 0 Å². The summed E-state index contributed by atoms with van der Waals surface area (Å²) >= 11 is 1.66. The highest BCUT2D eigenvalue weighted by Crippen LogP contribution is 2.43. The molecule has 4 rings (SSSR count). The number of halogens is 1. The van der Waals surface area contributed by atoms with Gasteiger partial charge in [0.25, 0.3) is 0 Å². The molecule has 1 heterocycles. The predicted octanol–water partition coefficient (Wildman–Crippen LogP) is 3.36. The van der Waals surface area contributed by atoms with Gasteiger partial charge in [0, 0.05) is 38.3 Å². The lowest BCUT2D eigenvalue weighted by Gasteiger charge is -2.16. The minimum atomic E-state index is -0.195. The normalized spacial score (nSPS) is 11.2. The Bertz CT molecular complexity index is 1110. The third kappa shape index (κ3) is 2.36. The van der Waals surface area contributed by atoms with E-state index < -0.39 is 0 Å². The molecule has 0 saturated carbocycles. The molecule has 0 atom stereocenters. The molecule has 1 aliphatic heterocycles. The largest absolute Gasteiger partial charge is 0.399 e. The highest BCUT2D eigenvalue weighted by molar-refractivity contribution is 7.21. The quantitative estimate of drug-likeness (QED) is 0.407. The number of rotatable bonds is 1. The minimum Gasteiger partial charge on any atom is -0.399 e. The Kier molecular flexibility index (Phi) is 3.36. The van der Waals surface area contributed by atoms with Crippen LogP contribution >= 0.6 is 11.3 Å². The number of nitrogens with two attached hydrogens (primary N) is 2. The average Bonchev–Trinajstić information content (AvgIpc) is 2.55. The first-order valence-electron chi connectivity index (χ1n) is 7.64. The van der Waals surface area contributed by atoms with Gasteiger partial charge < -0.3 is 5.73 Å². The van der Waals surface area contributed by atoms with Crippen molar-refractivity contribution in [2.45, 2.75) is 6.92 Å². The fourth-order valence-corrected chi connectivity index (χ4v) is 4.22. The zero-order chi connectivity index (χ0) is 16.8. The van der Waals surface area contributed by atoms with Crippen molar-refractivity contribution >= 4 is 27.1 Å². The van der Waals surface area contributed by atoms with E-state index in [0.29, 0.717) is 5.56 Å². The van der Waals surface area contributed by atoms with Crippen LogP contribution in [-0.4, -0.2) is 0 Å². The van der Waals surface area contributed by atoms with Crippen LogP contribution in [0.5, 0.6) is 0 Å². The third-order valence-corrected chi connectivity index (χ3v) is 5.33. The Labute approximate surface area is 142 Å². The summed E-state index contributed by atoms with van der Waals surface area (Å²) in [6.45, 7) is 1.78. The van der Waals surface area contributed by atoms with E-state index in [2.05, 4.69) is 0 Å². The Morgan fingerprint density at radius 1 is 1.00 bits per heavy atom. The Hall–Kier alpha value is -2.72. The molecule has 4 N–H and O–H groups in total. The van der Waals surface area contributed by atoms with Crippen molar-refractivity contribution < 1.29 is 9.80 Å². The number of benzene rings is 3. The second kappa shape index (κ2) is 5.42. The van der Waals surface area contributed by atoms with Gasteiger partial charge in [0.2, 0.25) is 0 Å². The molecule has 2 nitrogen and oxygen atoms in total. The van der Waals surface area contributed by atoms with Gasteiger partial charge in [0.15, 0.2) is 5.36 Å². The SMILES string of the molecule is Cc1cc(-c2c3ccc(=[NH2+])cc-3sc3cc(N)ccc23)ccc1F. The fraction of sp³-hybridized carbons (Fsp3) is 0.0500. The molecule has 4 heteroatoms. The summed E-state index contributed by atoms with van der Waals surface area (Å²) in [6, 6.07) is 17.1. The molecule has 0 amide bonds. The molecule has 0 saturated heterocycles. The topological polar surface area (TPSA) is 51.6 Å². The molecule has 2 aromatic carbocycles. The van der Waals surface area contributed by atoms with E-state index in [0.717, 1.165) is 42.7 Å². The summed E-state index contributed by atoms with van der Waals surface area (Å²) < 4.78 is 14.8. The second-order valence-electron chi connectivity index (χ2n) is 5.95. The molecule has 0 aromatic heterocycles. The maximum atomic E-state index is 13.7. The molecular weight excluding hydrogens is 319 g/mol. The van der Waals surface area contributed by atoms with Gasteiger partial charge in [-0.3, -0.25) is 5.41 Å². The van der Waals surface area contributed by atoms with Gasteiger partial charge in [-0.2, -0.15) is 0 Å². The third-order valence-electron chi connectivity index (χ3n) is 4.22. The van der Waals surface area contributed by atoms with Crippen molar-refractivity contribution in [3.8, 4) is 21.6 Å². The number of hydrogen-bond donors (Lipinski definition) is 2. The molecule has 2 aliphatic rings. The lowest BCUT2D eigenvalue weighted by molar-refractivity contribution is -0.172. The summed E-state index contributed by atoms with van der Waals surface area (Å²) in [5.74, 6) is -0.195. The van der Waals surface area contributed by atoms with E-state index in [-0.39, 0.29) is 5.82 Å². The van der Waals surface area contributed by atoms with Crippen LogP contribution in [0.1, 0.15) is 5.56 Å². The zero-order valence-corrected chi connectivity index (χ0v) is 14.0. The highest BCUT2D eigenvalue weighted by Gasteiger charge is 2.16. The van der Waals surface area contributed by atoms with Crippen molar-refractivity contribution in [2.75, 3.05) is 5.73 Å². The summed E-state index contributed by atoms with van der Waals surface area (Å²) in [6.07, 6.45) is 0. The van der Waals surface area contributed by atoms with Crippen molar-refractivity contribution in [2.24, 2.45) is 0 Å². The summed E-state index contributed by atoms with van der Waals surface area (Å²) in [4.78, 5) is 1.09. The van der Waals surface area contributed by atoms with E-state index in [4.69, 9.17) is 11.1 Å². The maximum Gasteiger partial charge on any atom is 0.198 e. The molecule has 0 bridgehead atoms. The standard InChI is InChI=1S/C20H15FN2S/c1-11-8-12(2-7-17(11)21)20-15-5-3-13(22)9-18(15)24-19-10-14(23)4-6-16(19)20/h2-10,22H,23H2,1H3/p+1. The number of aryl methyl sites for hydroxylation is 1. The molecule has 0 fully saturated rings. The number of anilines is 1. The van der Waals surface area contributed by atoms with Crippen LogP contribution in [-0.2, 0) is 0 Å². The molecule has 0 spiro atoms. The van der Waals surface area contributed by atoms with Crippen molar-refractivity contribution in [1.82, 2.24) is 0 Å². The van der Waals surface area contributed by atoms with E-state index in [1.807, 2.05) is 48.5 Å². The van der Waals surface area contributed by atoms with Crippen LogP contribution in [0.3, 0.4) is 0 Å². The smallest absolute Gasteiger partial charge is 0.198 e. The summed E-state index contributed by atoms with van der Waals surface area (Å²) in [5.41, 5.74) is 10.5. The van der Waals surface area contributed by atoms with Gasteiger partial charge in [0.1, 0.15) is 5.82 Å². The molecule has 2 aromatic rings. The number of nitrogen functional groups attached to an aromatic ring is 1. The molecular formula is C20H16FN2S+. The van der Waals surface area contributed by atoms with E-state index in [1.165, 1.54) is 6.07 Å². The monoisotopic (exact) mass is 335 g/mol. The lowest BCUT2D eigenvalue weighted by atomic mass is 9.94. The minimum absolute atomic E-state index is 0.195. The zero-order valence-electron chi connectivity index (χ0n) is 13.1. The van der Waals surface area contributed by atoms with Crippen LogP contribution in [0.15, 0.2) is 54.6 Å². The van der Waals surface area contributed by atoms with Gasteiger partial charge in [-0.25, -0.2) is 4.39 Å². The van der Waals surface area contributed by atoms with Gasteiger partial charge in [-0.15, -0.1) is 11.3 Å².